The van der Waals surface area contributed by atoms with Crippen LogP contribution in [0.2, 0.25) is 0 Å². The molecule has 0 bridgehead atoms. The molecule has 0 amide bonds. The van der Waals surface area contributed by atoms with Crippen LogP contribution in [0.4, 0.5) is 13.2 Å². The molecule has 0 aliphatic heterocycles. The van der Waals surface area contributed by atoms with E-state index in [2.05, 4.69) is 0 Å². The zero-order valence-electron chi connectivity index (χ0n) is 7.06. The van der Waals surface area contributed by atoms with Crippen molar-refractivity contribution in [1.29, 1.82) is 0 Å². The summed E-state index contributed by atoms with van der Waals surface area (Å²) in [5.74, 6) is -0.120. The van der Waals surface area contributed by atoms with Gasteiger partial charge < -0.3 is 5.11 Å². The molecule has 0 fully saturated rings. The normalized spacial score (nSPS) is 20.8. The average molecular weight is 192 g/mol. The molecule has 0 heterocycles. The van der Waals surface area contributed by atoms with E-state index in [1.54, 1.807) is 0 Å². The Labute approximate surface area is 74.6 Å². The molecule has 1 aliphatic rings. The monoisotopic (exact) mass is 192 g/mol. The maximum atomic E-state index is 12.5. The van der Waals surface area contributed by atoms with E-state index in [0.717, 1.165) is 6.08 Å². The molecular weight excluding hydrogens is 181 g/mol. The zero-order valence-corrected chi connectivity index (χ0v) is 7.06. The van der Waals surface area contributed by atoms with Crippen molar-refractivity contribution in [2.75, 3.05) is 20.0 Å². The average Bonchev–Trinajstić information content (AvgIpc) is 2.18. The summed E-state index contributed by atoms with van der Waals surface area (Å²) in [5.41, 5.74) is -1.38. The lowest BCUT2D eigenvalue weighted by molar-refractivity contribution is 0.180. The van der Waals surface area contributed by atoms with Gasteiger partial charge in [-0.1, -0.05) is 0 Å². The lowest BCUT2D eigenvalue weighted by Gasteiger charge is -2.30. The molecule has 0 aromatic carbocycles. The summed E-state index contributed by atoms with van der Waals surface area (Å²) in [5, 5.41) is 9.01. The van der Waals surface area contributed by atoms with Crippen LogP contribution in [0.1, 0.15) is 6.42 Å². The number of allylic oxidation sites excluding steroid dienone is 3. The zero-order chi connectivity index (χ0) is 9.90. The van der Waals surface area contributed by atoms with Crippen LogP contribution < -0.4 is 0 Å². The van der Waals surface area contributed by atoms with E-state index in [-0.39, 0.29) is 17.8 Å². The lowest BCUT2D eigenvalue weighted by atomic mass is 9.77. The van der Waals surface area contributed by atoms with Crippen LogP contribution in [0.3, 0.4) is 0 Å². The van der Waals surface area contributed by atoms with Crippen LogP contribution in [-0.4, -0.2) is 25.1 Å². The van der Waals surface area contributed by atoms with Crippen molar-refractivity contribution in [3.05, 3.63) is 23.5 Å². The van der Waals surface area contributed by atoms with E-state index in [0.29, 0.717) is 0 Å². The second-order valence-electron chi connectivity index (χ2n) is 3.18. The largest absolute Gasteiger partial charge is 0.508 e. The van der Waals surface area contributed by atoms with Gasteiger partial charge in [-0.05, 0) is 24.1 Å². The third kappa shape index (κ3) is 1.71. The molecule has 1 aliphatic carbocycles. The van der Waals surface area contributed by atoms with Gasteiger partial charge in [-0.2, -0.15) is 0 Å². The van der Waals surface area contributed by atoms with Gasteiger partial charge in [-0.25, -0.2) is 4.39 Å². The van der Waals surface area contributed by atoms with E-state index < -0.39 is 25.4 Å². The van der Waals surface area contributed by atoms with Gasteiger partial charge in [0.1, 0.15) is 25.8 Å². The van der Waals surface area contributed by atoms with Crippen molar-refractivity contribution >= 4 is 0 Å². The third-order valence-corrected chi connectivity index (χ3v) is 2.36. The fourth-order valence-electron chi connectivity index (χ4n) is 1.32. The van der Waals surface area contributed by atoms with Crippen molar-refractivity contribution in [2.24, 2.45) is 5.41 Å². The van der Waals surface area contributed by atoms with Crippen LogP contribution in [0.5, 0.6) is 0 Å². The summed E-state index contributed by atoms with van der Waals surface area (Å²) in [6.07, 6.45) is 2.42. The number of aliphatic hydroxyl groups is 1. The van der Waals surface area contributed by atoms with E-state index in [4.69, 9.17) is 5.11 Å². The molecule has 13 heavy (non-hydrogen) atoms. The summed E-state index contributed by atoms with van der Waals surface area (Å²) < 4.78 is 37.5. The Morgan fingerprint density at radius 3 is 2.38 bits per heavy atom. The number of hydrogen-bond donors (Lipinski definition) is 1. The van der Waals surface area contributed by atoms with Gasteiger partial charge in [0.25, 0.3) is 0 Å². The highest BCUT2D eigenvalue weighted by molar-refractivity contribution is 5.30. The predicted molar refractivity (Wildman–Crippen MR) is 43.8 cm³/mol. The van der Waals surface area contributed by atoms with Gasteiger partial charge in [-0.15, -0.1) is 0 Å². The van der Waals surface area contributed by atoms with Crippen LogP contribution >= 0.6 is 0 Å². The Hall–Kier alpha value is -0.930. The van der Waals surface area contributed by atoms with Gasteiger partial charge >= 0.3 is 0 Å². The Morgan fingerprint density at radius 2 is 1.92 bits per heavy atom. The smallest absolute Gasteiger partial charge is 0.112 e. The highest BCUT2D eigenvalue weighted by Crippen LogP contribution is 2.37. The molecule has 0 saturated heterocycles. The number of hydrogen-bond acceptors (Lipinski definition) is 1. The molecule has 0 aromatic rings. The fraction of sp³-hybridized carbons (Fsp3) is 0.556. The third-order valence-electron chi connectivity index (χ3n) is 2.36. The molecule has 0 aromatic heterocycles. The fourth-order valence-corrected chi connectivity index (χ4v) is 1.32. The summed E-state index contributed by atoms with van der Waals surface area (Å²) in [7, 11) is 0. The van der Waals surface area contributed by atoms with Gasteiger partial charge in [0.05, 0.1) is 5.41 Å². The van der Waals surface area contributed by atoms with Crippen LogP contribution in [0, 0.1) is 5.41 Å². The van der Waals surface area contributed by atoms with Crippen molar-refractivity contribution in [1.82, 2.24) is 0 Å². The minimum absolute atomic E-state index is 0.00231. The number of aliphatic hydroxyl groups excluding tert-OH is 1. The van der Waals surface area contributed by atoms with Crippen LogP contribution in [-0.2, 0) is 0 Å². The van der Waals surface area contributed by atoms with Crippen molar-refractivity contribution < 1.29 is 18.3 Å². The minimum Gasteiger partial charge on any atom is -0.508 e. The first-order valence-electron chi connectivity index (χ1n) is 3.96. The van der Waals surface area contributed by atoms with Crippen molar-refractivity contribution in [3.8, 4) is 0 Å². The Balaban J connectivity index is 2.96. The summed E-state index contributed by atoms with van der Waals surface area (Å²) >= 11 is 0. The highest BCUT2D eigenvalue weighted by Gasteiger charge is 2.36. The number of rotatable bonds is 3. The van der Waals surface area contributed by atoms with Gasteiger partial charge in [0.2, 0.25) is 0 Å². The highest BCUT2D eigenvalue weighted by atomic mass is 19.1. The Kier molecular flexibility index (Phi) is 3.01. The summed E-state index contributed by atoms with van der Waals surface area (Å²) in [6, 6.07) is 0. The molecule has 1 nitrogen and oxygen atoms in total. The molecule has 4 heteroatoms. The van der Waals surface area contributed by atoms with E-state index >= 15 is 0 Å². The van der Waals surface area contributed by atoms with E-state index in [1.807, 2.05) is 0 Å². The standard InChI is InChI=1S/C9H11F3O/c10-4-7-3-8(13)1-2-9(7,5-11)6-12/h1,3,13H,2,4-6H2. The molecule has 1 N–H and O–H groups in total. The van der Waals surface area contributed by atoms with Gasteiger partial charge in [-0.3, -0.25) is 8.78 Å². The van der Waals surface area contributed by atoms with Gasteiger partial charge in [0, 0.05) is 0 Å². The quantitative estimate of drug-likeness (QED) is 0.728. The minimum atomic E-state index is -1.37. The molecule has 0 spiro atoms. The predicted octanol–water partition coefficient (Wildman–Crippen LogP) is 2.65. The van der Waals surface area contributed by atoms with E-state index in [9.17, 15) is 13.2 Å². The molecule has 0 atom stereocenters. The Morgan fingerprint density at radius 1 is 1.31 bits per heavy atom. The summed E-state index contributed by atoms with van der Waals surface area (Å²) in [6.45, 7) is -2.81. The molecule has 0 saturated carbocycles. The van der Waals surface area contributed by atoms with Gasteiger partial charge in [0.15, 0.2) is 0 Å². The van der Waals surface area contributed by atoms with Crippen LogP contribution in [0.25, 0.3) is 0 Å². The second kappa shape index (κ2) is 3.85. The molecule has 74 valence electrons. The lowest BCUT2D eigenvalue weighted by Crippen LogP contribution is -2.31. The maximum absolute atomic E-state index is 12.5. The SMILES string of the molecule is OC1=CCC(CF)(CF)C(CF)=C1. The maximum Gasteiger partial charge on any atom is 0.112 e. The first-order chi connectivity index (χ1) is 6.18. The topological polar surface area (TPSA) is 20.2 Å². The second-order valence-corrected chi connectivity index (χ2v) is 3.18. The Bertz CT molecular complexity index is 241. The molecule has 1 rings (SSSR count). The molecule has 0 radical (unpaired) electrons. The first kappa shape index (κ1) is 10.2. The van der Waals surface area contributed by atoms with Crippen LogP contribution in [0.15, 0.2) is 23.5 Å². The van der Waals surface area contributed by atoms with E-state index in [1.165, 1.54) is 6.08 Å². The van der Waals surface area contributed by atoms with Crippen molar-refractivity contribution in [3.63, 3.8) is 0 Å². The van der Waals surface area contributed by atoms with Crippen molar-refractivity contribution in [2.45, 2.75) is 6.42 Å². The molecule has 0 unspecified atom stereocenters. The molecular formula is C9H11F3O. The summed E-state index contributed by atoms with van der Waals surface area (Å²) in [4.78, 5) is 0. The number of halogens is 3. The first-order valence-corrected chi connectivity index (χ1v) is 3.96. The number of alkyl halides is 3.